The van der Waals surface area contributed by atoms with E-state index in [-0.39, 0.29) is 24.5 Å². The van der Waals surface area contributed by atoms with Crippen LogP contribution < -0.4 is 4.74 Å². The van der Waals surface area contributed by atoms with Crippen molar-refractivity contribution in [2.24, 2.45) is 0 Å². The molecule has 1 fully saturated rings. The summed E-state index contributed by atoms with van der Waals surface area (Å²) >= 11 is 0. The van der Waals surface area contributed by atoms with Crippen LogP contribution in [0.2, 0.25) is 0 Å². The molecular weight excluding hydrogens is 390 g/mol. The van der Waals surface area contributed by atoms with Gasteiger partial charge in [0.25, 0.3) is 5.91 Å². The third-order valence-electron chi connectivity index (χ3n) is 5.48. The molecule has 0 spiro atoms. The summed E-state index contributed by atoms with van der Waals surface area (Å²) in [7, 11) is 1.78. The standard InChI is InChI=1S/C25H25N3O3/c1-27-17-21(18-31-22-13-8-14-26-16-22)28(24(29)20-11-6-3-7-12-20)23(25(27)30)15-19-9-4-2-5-10-19/h2-14,16,21,23H,15,17-18H2,1H3/t21-,23+/m1/s1. The van der Waals surface area contributed by atoms with Gasteiger partial charge in [0.05, 0.1) is 12.2 Å². The monoisotopic (exact) mass is 415 g/mol. The van der Waals surface area contributed by atoms with E-state index in [0.29, 0.717) is 24.3 Å². The molecule has 0 radical (unpaired) electrons. The summed E-state index contributed by atoms with van der Waals surface area (Å²) in [6, 6.07) is 21.6. The van der Waals surface area contributed by atoms with E-state index in [0.717, 1.165) is 5.56 Å². The smallest absolute Gasteiger partial charge is 0.254 e. The van der Waals surface area contributed by atoms with Gasteiger partial charge in [-0.05, 0) is 29.8 Å². The summed E-state index contributed by atoms with van der Waals surface area (Å²) in [5.41, 5.74) is 1.57. The van der Waals surface area contributed by atoms with Crippen LogP contribution in [0.15, 0.2) is 85.2 Å². The SMILES string of the molecule is CN1C[C@H](COc2cccnc2)N(C(=O)c2ccccc2)[C@@H](Cc2ccccc2)C1=O. The van der Waals surface area contributed by atoms with Crippen molar-refractivity contribution >= 4 is 11.8 Å². The zero-order valence-electron chi connectivity index (χ0n) is 17.4. The molecular formula is C25H25N3O3. The second-order valence-electron chi connectivity index (χ2n) is 7.66. The minimum absolute atomic E-state index is 0.0641. The van der Waals surface area contributed by atoms with Crippen LogP contribution in [0.4, 0.5) is 0 Å². The molecule has 1 saturated heterocycles. The predicted octanol–water partition coefficient (Wildman–Crippen LogP) is 3.05. The maximum Gasteiger partial charge on any atom is 0.254 e. The molecule has 1 aliphatic heterocycles. The summed E-state index contributed by atoms with van der Waals surface area (Å²) < 4.78 is 5.95. The lowest BCUT2D eigenvalue weighted by Gasteiger charge is -2.45. The zero-order chi connectivity index (χ0) is 21.6. The molecule has 2 heterocycles. The van der Waals surface area contributed by atoms with E-state index in [2.05, 4.69) is 4.98 Å². The van der Waals surface area contributed by atoms with E-state index >= 15 is 0 Å². The Morgan fingerprint density at radius 3 is 2.42 bits per heavy atom. The second-order valence-corrected chi connectivity index (χ2v) is 7.66. The first-order valence-corrected chi connectivity index (χ1v) is 10.3. The Kier molecular flexibility index (Phi) is 6.26. The van der Waals surface area contributed by atoms with Gasteiger partial charge in [-0.1, -0.05) is 48.5 Å². The number of rotatable bonds is 6. The van der Waals surface area contributed by atoms with Crippen LogP contribution in [-0.4, -0.2) is 58.9 Å². The van der Waals surface area contributed by atoms with Crippen molar-refractivity contribution in [3.05, 3.63) is 96.3 Å². The average molecular weight is 415 g/mol. The summed E-state index contributed by atoms with van der Waals surface area (Å²) in [6.45, 7) is 0.677. The van der Waals surface area contributed by atoms with Crippen molar-refractivity contribution in [3.8, 4) is 5.75 Å². The predicted molar refractivity (Wildman–Crippen MR) is 118 cm³/mol. The second kappa shape index (κ2) is 9.43. The fourth-order valence-corrected chi connectivity index (χ4v) is 3.94. The van der Waals surface area contributed by atoms with Gasteiger partial charge in [0.15, 0.2) is 0 Å². The molecule has 31 heavy (non-hydrogen) atoms. The van der Waals surface area contributed by atoms with E-state index in [4.69, 9.17) is 4.74 Å². The third kappa shape index (κ3) is 4.74. The van der Waals surface area contributed by atoms with Crippen LogP contribution in [0.3, 0.4) is 0 Å². The Morgan fingerprint density at radius 1 is 1.03 bits per heavy atom. The largest absolute Gasteiger partial charge is 0.490 e. The Balaban J connectivity index is 1.65. The number of hydrogen-bond acceptors (Lipinski definition) is 4. The molecule has 0 aliphatic carbocycles. The molecule has 1 aliphatic rings. The van der Waals surface area contributed by atoms with Crippen molar-refractivity contribution in [3.63, 3.8) is 0 Å². The quantitative estimate of drug-likeness (QED) is 0.621. The van der Waals surface area contributed by atoms with Gasteiger partial charge >= 0.3 is 0 Å². The summed E-state index contributed by atoms with van der Waals surface area (Å²) in [6.07, 6.45) is 3.77. The lowest BCUT2D eigenvalue weighted by atomic mass is 9.97. The summed E-state index contributed by atoms with van der Waals surface area (Å²) in [4.78, 5) is 34.2. The number of carbonyl (C=O) groups excluding carboxylic acids is 2. The van der Waals surface area contributed by atoms with Gasteiger partial charge in [-0.3, -0.25) is 14.6 Å². The van der Waals surface area contributed by atoms with Crippen molar-refractivity contribution in [2.75, 3.05) is 20.2 Å². The van der Waals surface area contributed by atoms with Gasteiger partial charge in [-0.15, -0.1) is 0 Å². The maximum absolute atomic E-state index is 13.6. The number of benzene rings is 2. The van der Waals surface area contributed by atoms with Crippen molar-refractivity contribution < 1.29 is 14.3 Å². The van der Waals surface area contributed by atoms with E-state index in [1.165, 1.54) is 0 Å². The first-order chi connectivity index (χ1) is 15.1. The third-order valence-corrected chi connectivity index (χ3v) is 5.48. The van der Waals surface area contributed by atoms with E-state index in [1.54, 1.807) is 47.4 Å². The minimum Gasteiger partial charge on any atom is -0.490 e. The highest BCUT2D eigenvalue weighted by molar-refractivity contribution is 5.98. The normalized spacial score (nSPS) is 18.7. The fourth-order valence-electron chi connectivity index (χ4n) is 3.94. The number of likely N-dealkylation sites (N-methyl/N-ethyl adjacent to an activating group) is 1. The summed E-state index contributed by atoms with van der Waals surface area (Å²) in [5, 5.41) is 0. The molecule has 2 atom stereocenters. The lowest BCUT2D eigenvalue weighted by molar-refractivity contribution is -0.141. The van der Waals surface area contributed by atoms with Crippen molar-refractivity contribution in [1.29, 1.82) is 0 Å². The number of ether oxygens (including phenoxy) is 1. The molecule has 0 unspecified atom stereocenters. The lowest BCUT2D eigenvalue weighted by Crippen LogP contribution is -2.64. The highest BCUT2D eigenvalue weighted by Gasteiger charge is 2.42. The van der Waals surface area contributed by atoms with E-state index in [1.807, 2.05) is 54.6 Å². The topological polar surface area (TPSA) is 62.7 Å². The van der Waals surface area contributed by atoms with Crippen LogP contribution in [0, 0.1) is 0 Å². The molecule has 0 N–H and O–H groups in total. The molecule has 0 saturated carbocycles. The molecule has 6 nitrogen and oxygen atoms in total. The highest BCUT2D eigenvalue weighted by atomic mass is 16.5. The van der Waals surface area contributed by atoms with Crippen LogP contribution in [0.1, 0.15) is 15.9 Å². The van der Waals surface area contributed by atoms with Gasteiger partial charge in [0.1, 0.15) is 18.4 Å². The van der Waals surface area contributed by atoms with Crippen LogP contribution in [0.5, 0.6) is 5.75 Å². The van der Waals surface area contributed by atoms with Gasteiger partial charge < -0.3 is 14.5 Å². The van der Waals surface area contributed by atoms with Gasteiger partial charge in [-0.2, -0.15) is 0 Å². The molecule has 2 aromatic carbocycles. The van der Waals surface area contributed by atoms with Gasteiger partial charge in [0.2, 0.25) is 5.91 Å². The van der Waals surface area contributed by atoms with Gasteiger partial charge in [0, 0.05) is 31.8 Å². The molecule has 4 rings (SSSR count). The highest BCUT2D eigenvalue weighted by Crippen LogP contribution is 2.24. The van der Waals surface area contributed by atoms with Gasteiger partial charge in [-0.25, -0.2) is 0 Å². The number of nitrogens with zero attached hydrogens (tertiary/aromatic N) is 3. The Hall–Kier alpha value is -3.67. The number of pyridine rings is 1. The van der Waals surface area contributed by atoms with Crippen LogP contribution in [-0.2, 0) is 11.2 Å². The molecule has 0 bridgehead atoms. The van der Waals surface area contributed by atoms with Crippen LogP contribution in [0.25, 0.3) is 0 Å². The van der Waals surface area contributed by atoms with Crippen LogP contribution >= 0.6 is 0 Å². The minimum atomic E-state index is -0.601. The number of piperazine rings is 1. The molecule has 1 aromatic heterocycles. The molecule has 2 amide bonds. The molecule has 158 valence electrons. The first-order valence-electron chi connectivity index (χ1n) is 10.3. The maximum atomic E-state index is 13.6. The zero-order valence-corrected chi connectivity index (χ0v) is 17.4. The number of amides is 2. The number of hydrogen-bond donors (Lipinski definition) is 0. The Labute approximate surface area is 182 Å². The fraction of sp³-hybridized carbons (Fsp3) is 0.240. The number of aromatic nitrogens is 1. The Morgan fingerprint density at radius 2 is 1.74 bits per heavy atom. The summed E-state index contributed by atoms with van der Waals surface area (Å²) in [5.74, 6) is 0.405. The van der Waals surface area contributed by atoms with Crippen molar-refractivity contribution in [1.82, 2.24) is 14.8 Å². The first kappa shape index (κ1) is 20.6. The average Bonchev–Trinajstić information content (AvgIpc) is 2.82. The van der Waals surface area contributed by atoms with E-state index < -0.39 is 6.04 Å². The Bertz CT molecular complexity index is 1010. The molecule has 6 heteroatoms. The molecule has 3 aromatic rings. The van der Waals surface area contributed by atoms with Crippen molar-refractivity contribution in [2.45, 2.75) is 18.5 Å². The number of carbonyl (C=O) groups is 2. The van der Waals surface area contributed by atoms with E-state index in [9.17, 15) is 9.59 Å².